The van der Waals surface area contributed by atoms with Gasteiger partial charge < -0.3 is 20.8 Å². The number of aliphatic carboxylic acids is 1. The normalized spacial score (nSPS) is 13.5. The second kappa shape index (κ2) is 5.66. The Balaban J connectivity index is 2.59. The highest BCUT2D eigenvalue weighted by molar-refractivity contribution is 5.90. The summed E-state index contributed by atoms with van der Waals surface area (Å²) in [6.07, 6.45) is 0. The quantitative estimate of drug-likeness (QED) is 0.658. The average Bonchev–Trinajstić information content (AvgIpc) is 2.30. The highest BCUT2D eigenvalue weighted by Crippen LogP contribution is 2.15. The van der Waals surface area contributed by atoms with E-state index in [1.807, 2.05) is 0 Å². The van der Waals surface area contributed by atoms with Crippen LogP contribution in [0.15, 0.2) is 18.2 Å². The lowest BCUT2D eigenvalue weighted by Gasteiger charge is -2.18. The predicted octanol–water partition coefficient (Wildman–Crippen LogP) is 1.09. The monoisotopic (exact) mass is 270 g/mol. The Labute approximate surface area is 109 Å². The van der Waals surface area contributed by atoms with Crippen molar-refractivity contribution in [3.8, 4) is 0 Å². The number of hydrogen-bond donors (Lipinski definition) is 4. The minimum Gasteiger partial charge on any atom is -0.479 e. The summed E-state index contributed by atoms with van der Waals surface area (Å²) in [4.78, 5) is 22.1. The number of nitrogens with one attached hydrogen (secondary N) is 2. The number of anilines is 1. The summed E-state index contributed by atoms with van der Waals surface area (Å²) >= 11 is 0. The molecule has 1 aromatic rings. The molecule has 0 aliphatic carbocycles. The van der Waals surface area contributed by atoms with Gasteiger partial charge in [-0.05, 0) is 37.6 Å². The number of carboxylic acids is 1. The Morgan fingerprint density at radius 3 is 2.58 bits per heavy atom. The van der Waals surface area contributed by atoms with E-state index in [9.17, 15) is 19.1 Å². The van der Waals surface area contributed by atoms with Gasteiger partial charge in [0, 0.05) is 5.69 Å². The lowest BCUT2D eigenvalue weighted by Crippen LogP contribution is -2.47. The Bertz CT molecular complexity index is 503. The number of hydrogen-bond acceptors (Lipinski definition) is 3. The largest absolute Gasteiger partial charge is 0.479 e. The van der Waals surface area contributed by atoms with Crippen molar-refractivity contribution in [2.24, 2.45) is 0 Å². The van der Waals surface area contributed by atoms with Crippen molar-refractivity contribution >= 4 is 17.7 Å². The summed E-state index contributed by atoms with van der Waals surface area (Å²) in [6.45, 7) is 2.24. The standard InChI is InChI=1S/C12H15FN2O4/c1-7-5-8(13)3-4-9(7)15-11(18)14-6-12(2,19)10(16)17/h3-5,19H,6H2,1-2H3,(H,16,17)(H2,14,15,18). The number of aliphatic hydroxyl groups is 1. The number of carbonyl (C=O) groups excluding carboxylic acids is 1. The number of carboxylic acid groups (broad SMARTS) is 1. The molecular formula is C12H15FN2O4. The van der Waals surface area contributed by atoms with Crippen LogP contribution in [0.3, 0.4) is 0 Å². The third-order valence-electron chi connectivity index (χ3n) is 2.49. The fourth-order valence-corrected chi connectivity index (χ4v) is 1.26. The summed E-state index contributed by atoms with van der Waals surface area (Å²) in [5.41, 5.74) is -1.12. The molecule has 1 aromatic carbocycles. The van der Waals surface area contributed by atoms with Gasteiger partial charge in [-0.15, -0.1) is 0 Å². The van der Waals surface area contributed by atoms with Crippen molar-refractivity contribution in [1.82, 2.24) is 5.32 Å². The molecule has 0 radical (unpaired) electrons. The minimum atomic E-state index is -2.05. The van der Waals surface area contributed by atoms with Crippen molar-refractivity contribution in [2.75, 3.05) is 11.9 Å². The molecule has 0 saturated carbocycles. The van der Waals surface area contributed by atoms with Crippen molar-refractivity contribution in [2.45, 2.75) is 19.4 Å². The number of rotatable bonds is 4. The van der Waals surface area contributed by atoms with E-state index >= 15 is 0 Å². The second-order valence-electron chi connectivity index (χ2n) is 4.35. The van der Waals surface area contributed by atoms with Crippen LogP contribution in [-0.2, 0) is 4.79 Å². The molecule has 0 aliphatic heterocycles. The summed E-state index contributed by atoms with van der Waals surface area (Å²) < 4.78 is 12.9. The van der Waals surface area contributed by atoms with E-state index < -0.39 is 30.0 Å². The van der Waals surface area contributed by atoms with Crippen LogP contribution >= 0.6 is 0 Å². The Morgan fingerprint density at radius 1 is 1.42 bits per heavy atom. The lowest BCUT2D eigenvalue weighted by molar-refractivity contribution is -0.155. The first-order valence-electron chi connectivity index (χ1n) is 5.49. The number of aryl methyl sites for hydroxylation is 1. The average molecular weight is 270 g/mol. The molecule has 0 aromatic heterocycles. The molecule has 1 rings (SSSR count). The van der Waals surface area contributed by atoms with Crippen molar-refractivity contribution in [3.63, 3.8) is 0 Å². The fourth-order valence-electron chi connectivity index (χ4n) is 1.26. The summed E-state index contributed by atoms with van der Waals surface area (Å²) in [5, 5.41) is 22.7. The Hall–Kier alpha value is -2.15. The maximum atomic E-state index is 12.9. The number of halogens is 1. The van der Waals surface area contributed by atoms with E-state index in [1.54, 1.807) is 6.92 Å². The molecule has 0 fully saturated rings. The number of benzene rings is 1. The van der Waals surface area contributed by atoms with E-state index in [0.717, 1.165) is 6.92 Å². The first-order valence-corrected chi connectivity index (χ1v) is 5.49. The third kappa shape index (κ3) is 4.22. The van der Waals surface area contributed by atoms with Gasteiger partial charge >= 0.3 is 12.0 Å². The van der Waals surface area contributed by atoms with Gasteiger partial charge in [0.1, 0.15) is 5.82 Å². The molecule has 2 amide bonds. The smallest absolute Gasteiger partial charge is 0.337 e. The molecule has 0 bridgehead atoms. The molecule has 0 spiro atoms. The number of carbonyl (C=O) groups is 2. The molecule has 0 aliphatic rings. The molecule has 0 saturated heterocycles. The minimum absolute atomic E-state index is 0.397. The van der Waals surface area contributed by atoms with E-state index in [-0.39, 0.29) is 0 Å². The van der Waals surface area contributed by atoms with Crippen molar-refractivity contribution < 1.29 is 24.2 Å². The molecule has 19 heavy (non-hydrogen) atoms. The van der Waals surface area contributed by atoms with Crippen LogP contribution in [0.2, 0.25) is 0 Å². The second-order valence-corrected chi connectivity index (χ2v) is 4.35. The molecule has 104 valence electrons. The van der Waals surface area contributed by atoms with Gasteiger partial charge in [-0.2, -0.15) is 0 Å². The topological polar surface area (TPSA) is 98.7 Å². The van der Waals surface area contributed by atoms with Crippen molar-refractivity contribution in [1.29, 1.82) is 0 Å². The molecule has 6 nitrogen and oxygen atoms in total. The lowest BCUT2D eigenvalue weighted by atomic mass is 10.1. The van der Waals surface area contributed by atoms with E-state index in [0.29, 0.717) is 11.3 Å². The highest BCUT2D eigenvalue weighted by Gasteiger charge is 2.30. The fraction of sp³-hybridized carbons (Fsp3) is 0.333. The Morgan fingerprint density at radius 2 is 2.05 bits per heavy atom. The molecule has 1 unspecified atom stereocenters. The van der Waals surface area contributed by atoms with Crippen LogP contribution in [0, 0.1) is 12.7 Å². The van der Waals surface area contributed by atoms with Crippen LogP contribution in [0.5, 0.6) is 0 Å². The van der Waals surface area contributed by atoms with Gasteiger partial charge in [-0.3, -0.25) is 0 Å². The molecular weight excluding hydrogens is 255 g/mol. The first-order chi connectivity index (χ1) is 8.72. The molecule has 7 heteroatoms. The maximum absolute atomic E-state index is 12.9. The van der Waals surface area contributed by atoms with Gasteiger partial charge in [0.15, 0.2) is 5.60 Å². The van der Waals surface area contributed by atoms with E-state index in [1.165, 1.54) is 18.2 Å². The zero-order valence-electron chi connectivity index (χ0n) is 10.5. The predicted molar refractivity (Wildman–Crippen MR) is 66.4 cm³/mol. The van der Waals surface area contributed by atoms with E-state index in [4.69, 9.17) is 5.11 Å². The van der Waals surface area contributed by atoms with Crippen LogP contribution < -0.4 is 10.6 Å². The van der Waals surface area contributed by atoms with Crippen LogP contribution in [-0.4, -0.2) is 34.4 Å². The zero-order chi connectivity index (χ0) is 14.6. The van der Waals surface area contributed by atoms with Crippen LogP contribution in [0.4, 0.5) is 14.9 Å². The maximum Gasteiger partial charge on any atom is 0.337 e. The van der Waals surface area contributed by atoms with Crippen LogP contribution in [0.25, 0.3) is 0 Å². The number of amides is 2. The van der Waals surface area contributed by atoms with Crippen molar-refractivity contribution in [3.05, 3.63) is 29.6 Å². The molecule has 1 atom stereocenters. The van der Waals surface area contributed by atoms with Gasteiger partial charge in [0.2, 0.25) is 0 Å². The van der Waals surface area contributed by atoms with Crippen LogP contribution in [0.1, 0.15) is 12.5 Å². The highest BCUT2D eigenvalue weighted by atomic mass is 19.1. The van der Waals surface area contributed by atoms with E-state index in [2.05, 4.69) is 10.6 Å². The van der Waals surface area contributed by atoms with Gasteiger partial charge in [-0.25, -0.2) is 14.0 Å². The Kier molecular flexibility index (Phi) is 4.44. The third-order valence-corrected chi connectivity index (χ3v) is 2.49. The number of urea groups is 1. The summed E-state index contributed by atoms with van der Waals surface area (Å²) in [5.74, 6) is -1.86. The van der Waals surface area contributed by atoms with Gasteiger partial charge in [0.25, 0.3) is 0 Å². The van der Waals surface area contributed by atoms with Gasteiger partial charge in [0.05, 0.1) is 6.54 Å². The zero-order valence-corrected chi connectivity index (χ0v) is 10.5. The summed E-state index contributed by atoms with van der Waals surface area (Å²) in [7, 11) is 0. The molecule has 0 heterocycles. The SMILES string of the molecule is Cc1cc(F)ccc1NC(=O)NCC(C)(O)C(=O)O. The first kappa shape index (κ1) is 14.9. The molecule has 4 N–H and O–H groups in total. The van der Waals surface area contributed by atoms with Gasteiger partial charge in [-0.1, -0.05) is 0 Å². The summed E-state index contributed by atoms with van der Waals surface area (Å²) in [6, 6.07) is 3.15.